The number of carbonyl (C=O) groups excluding carboxylic acids is 1. The van der Waals surface area contributed by atoms with Crippen molar-refractivity contribution >= 4 is 44.9 Å². The van der Waals surface area contributed by atoms with Crippen molar-refractivity contribution in [3.05, 3.63) is 85.4 Å². The van der Waals surface area contributed by atoms with Gasteiger partial charge in [0.25, 0.3) is 5.91 Å². The molecular weight excluding hydrogens is 453 g/mol. The number of benzene rings is 2. The molecule has 0 spiro atoms. The van der Waals surface area contributed by atoms with Crippen LogP contribution < -0.4 is 10.3 Å². The Bertz CT molecular complexity index is 1430. The van der Waals surface area contributed by atoms with E-state index >= 15 is 0 Å². The molecule has 1 aliphatic heterocycles. The fourth-order valence-corrected chi connectivity index (χ4v) is 5.18. The third-order valence-electron chi connectivity index (χ3n) is 5.24. The molecule has 5 rings (SSSR count). The molecule has 162 valence electrons. The highest BCUT2D eigenvalue weighted by Gasteiger charge is 2.45. The van der Waals surface area contributed by atoms with Gasteiger partial charge in [0.2, 0.25) is 10.9 Å². The molecule has 0 unspecified atom stereocenters. The number of hydrogen-bond acceptors (Lipinski definition) is 6. The Balaban J connectivity index is 1.75. The van der Waals surface area contributed by atoms with Crippen molar-refractivity contribution in [1.29, 1.82) is 0 Å². The van der Waals surface area contributed by atoms with Gasteiger partial charge >= 0.3 is 0 Å². The maximum absolute atomic E-state index is 13.9. The molecule has 0 saturated carbocycles. The van der Waals surface area contributed by atoms with Crippen molar-refractivity contribution in [2.45, 2.75) is 26.3 Å². The Morgan fingerprint density at radius 2 is 2.00 bits per heavy atom. The van der Waals surface area contributed by atoms with Gasteiger partial charge in [-0.05, 0) is 41.8 Å². The van der Waals surface area contributed by atoms with E-state index < -0.39 is 23.2 Å². The first-order chi connectivity index (χ1) is 15.3. The van der Waals surface area contributed by atoms with Gasteiger partial charge in [0.1, 0.15) is 16.4 Å². The number of carbonyl (C=O) groups is 1. The van der Waals surface area contributed by atoms with E-state index in [1.807, 2.05) is 0 Å². The minimum Gasteiger partial charge on any atom is -0.450 e. The smallest absolute Gasteiger partial charge is 0.297 e. The van der Waals surface area contributed by atoms with Crippen LogP contribution in [0.25, 0.3) is 11.0 Å². The van der Waals surface area contributed by atoms with Crippen molar-refractivity contribution in [2.75, 3.05) is 4.90 Å². The lowest BCUT2D eigenvalue weighted by Crippen LogP contribution is -2.29. The Kier molecular flexibility index (Phi) is 5.06. The lowest BCUT2D eigenvalue weighted by molar-refractivity contribution is 0.0970. The summed E-state index contributed by atoms with van der Waals surface area (Å²) in [4.78, 5) is 28.3. The topological polar surface area (TPSA) is 76.3 Å². The quantitative estimate of drug-likeness (QED) is 0.400. The Labute approximate surface area is 191 Å². The Hall–Kier alpha value is -3.10. The molecule has 0 aliphatic carbocycles. The molecular formula is C23H17ClFN3O3S. The zero-order valence-electron chi connectivity index (χ0n) is 17.1. The summed E-state index contributed by atoms with van der Waals surface area (Å²) in [6, 6.07) is 9.75. The predicted octanol–water partition coefficient (Wildman–Crippen LogP) is 5.39. The van der Waals surface area contributed by atoms with Gasteiger partial charge < -0.3 is 4.42 Å². The van der Waals surface area contributed by atoms with Crippen LogP contribution in [-0.4, -0.2) is 16.1 Å². The fraction of sp³-hybridized carbons (Fsp3) is 0.217. The van der Waals surface area contributed by atoms with E-state index in [-0.39, 0.29) is 22.3 Å². The molecule has 2 aromatic carbocycles. The van der Waals surface area contributed by atoms with Gasteiger partial charge in [-0.3, -0.25) is 14.5 Å². The molecule has 1 aliphatic rings. The van der Waals surface area contributed by atoms with Gasteiger partial charge in [-0.15, -0.1) is 10.2 Å². The van der Waals surface area contributed by atoms with Crippen LogP contribution in [0.15, 0.2) is 51.7 Å². The number of amides is 1. The zero-order valence-corrected chi connectivity index (χ0v) is 18.7. The summed E-state index contributed by atoms with van der Waals surface area (Å²) in [5, 5.41) is 10.1. The van der Waals surface area contributed by atoms with E-state index in [2.05, 4.69) is 24.0 Å². The minimum atomic E-state index is -0.819. The summed E-state index contributed by atoms with van der Waals surface area (Å²) in [6.07, 6.45) is 0.717. The van der Waals surface area contributed by atoms with E-state index in [0.717, 1.165) is 17.5 Å². The standard InChI is InChI=1S/C23H17ClFN3O3S/c1-11(2)8-17-26-27-23(32-17)28-19(12-4-3-5-13(24)9-12)18-20(29)15-10-14(25)6-7-16(15)31-21(18)22(28)30/h3-7,9-11,19H,8H2,1-2H3/t19-/m0/s1. The molecule has 0 radical (unpaired) electrons. The number of anilines is 1. The predicted molar refractivity (Wildman–Crippen MR) is 121 cm³/mol. The maximum Gasteiger partial charge on any atom is 0.297 e. The van der Waals surface area contributed by atoms with Crippen LogP contribution in [0.3, 0.4) is 0 Å². The molecule has 0 saturated heterocycles. The van der Waals surface area contributed by atoms with Crippen LogP contribution in [0.4, 0.5) is 9.52 Å². The van der Waals surface area contributed by atoms with Gasteiger partial charge in [0.05, 0.1) is 17.0 Å². The normalized spacial score (nSPS) is 15.7. The van der Waals surface area contributed by atoms with E-state index in [4.69, 9.17) is 16.0 Å². The van der Waals surface area contributed by atoms with Crippen LogP contribution in [0.1, 0.15) is 46.6 Å². The lowest BCUT2D eigenvalue weighted by Gasteiger charge is -2.22. The summed E-state index contributed by atoms with van der Waals surface area (Å²) in [7, 11) is 0. The van der Waals surface area contributed by atoms with Gasteiger partial charge in [0, 0.05) is 11.4 Å². The largest absolute Gasteiger partial charge is 0.450 e. The number of aromatic nitrogens is 2. The minimum absolute atomic E-state index is 0.0724. The highest BCUT2D eigenvalue weighted by Crippen LogP contribution is 2.42. The summed E-state index contributed by atoms with van der Waals surface area (Å²) in [5.41, 5.74) is 0.436. The number of nitrogens with zero attached hydrogens (tertiary/aromatic N) is 3. The van der Waals surface area contributed by atoms with Crippen LogP contribution in [0.2, 0.25) is 5.02 Å². The molecule has 0 fully saturated rings. The van der Waals surface area contributed by atoms with E-state index in [9.17, 15) is 14.0 Å². The second-order valence-electron chi connectivity index (χ2n) is 8.02. The molecule has 1 amide bonds. The van der Waals surface area contributed by atoms with Gasteiger partial charge in [-0.1, -0.05) is 48.9 Å². The van der Waals surface area contributed by atoms with Crippen molar-refractivity contribution in [3.63, 3.8) is 0 Å². The summed E-state index contributed by atoms with van der Waals surface area (Å²) >= 11 is 7.51. The molecule has 3 heterocycles. The van der Waals surface area contributed by atoms with Crippen molar-refractivity contribution in [3.8, 4) is 0 Å². The van der Waals surface area contributed by atoms with Crippen molar-refractivity contribution < 1.29 is 13.6 Å². The zero-order chi connectivity index (χ0) is 22.6. The second kappa shape index (κ2) is 7.79. The van der Waals surface area contributed by atoms with Gasteiger partial charge in [-0.25, -0.2) is 4.39 Å². The first kappa shape index (κ1) is 20.8. The fourth-order valence-electron chi connectivity index (χ4n) is 3.91. The number of halogens is 2. The van der Waals surface area contributed by atoms with E-state index in [1.165, 1.54) is 28.4 Å². The van der Waals surface area contributed by atoms with Crippen LogP contribution in [0, 0.1) is 11.7 Å². The summed E-state index contributed by atoms with van der Waals surface area (Å²) in [5.74, 6) is -0.776. The molecule has 9 heteroatoms. The Morgan fingerprint density at radius 1 is 1.19 bits per heavy atom. The highest BCUT2D eigenvalue weighted by atomic mass is 35.5. The van der Waals surface area contributed by atoms with Crippen LogP contribution in [-0.2, 0) is 6.42 Å². The van der Waals surface area contributed by atoms with Crippen molar-refractivity contribution in [2.24, 2.45) is 5.92 Å². The second-order valence-corrected chi connectivity index (χ2v) is 9.50. The summed E-state index contributed by atoms with van der Waals surface area (Å²) in [6.45, 7) is 4.14. The molecule has 1 atom stereocenters. The van der Waals surface area contributed by atoms with Gasteiger partial charge in [0.15, 0.2) is 5.43 Å². The summed E-state index contributed by atoms with van der Waals surface area (Å²) < 4.78 is 19.7. The number of hydrogen-bond donors (Lipinski definition) is 0. The van der Waals surface area contributed by atoms with Gasteiger partial charge in [-0.2, -0.15) is 0 Å². The lowest BCUT2D eigenvalue weighted by atomic mass is 9.99. The average molecular weight is 470 g/mol. The molecule has 0 N–H and O–H groups in total. The molecule has 0 bridgehead atoms. The maximum atomic E-state index is 13.9. The van der Waals surface area contributed by atoms with Crippen LogP contribution in [0.5, 0.6) is 0 Å². The first-order valence-electron chi connectivity index (χ1n) is 10.0. The SMILES string of the molecule is CC(C)Cc1nnc(N2C(=O)c3oc4ccc(F)cc4c(=O)c3[C@@H]2c2cccc(Cl)c2)s1. The van der Waals surface area contributed by atoms with E-state index in [1.54, 1.807) is 24.3 Å². The van der Waals surface area contributed by atoms with Crippen molar-refractivity contribution in [1.82, 2.24) is 10.2 Å². The first-order valence-corrected chi connectivity index (χ1v) is 11.2. The highest BCUT2D eigenvalue weighted by molar-refractivity contribution is 7.15. The molecule has 4 aromatic rings. The molecule has 6 nitrogen and oxygen atoms in total. The number of rotatable bonds is 4. The molecule has 32 heavy (non-hydrogen) atoms. The van der Waals surface area contributed by atoms with Crippen LogP contribution >= 0.6 is 22.9 Å². The monoisotopic (exact) mass is 469 g/mol. The third-order valence-corrected chi connectivity index (χ3v) is 6.42. The Morgan fingerprint density at radius 3 is 2.75 bits per heavy atom. The number of fused-ring (bicyclic) bond motifs is 2. The average Bonchev–Trinajstić information content (AvgIpc) is 3.30. The van der Waals surface area contributed by atoms with E-state index in [0.29, 0.717) is 21.6 Å². The third kappa shape index (κ3) is 3.40. The molecule has 2 aromatic heterocycles.